The number of hydrogen-bond donors (Lipinski definition) is 1. The van der Waals surface area contributed by atoms with E-state index in [-0.39, 0.29) is 19.1 Å². The van der Waals surface area contributed by atoms with Crippen molar-refractivity contribution >= 4 is 6.09 Å². The van der Waals surface area contributed by atoms with E-state index in [4.69, 9.17) is 0 Å². The smallest absolute Gasteiger partial charge is 0.404 e. The first kappa shape index (κ1) is 8.23. The standard InChI is InChI=1S/C5H10NO3/c1-4(2-7)3-9-5(6)8/h4H,2-3H2,1H3,(H2,6,8). The molecule has 1 radical (unpaired) electrons. The number of hydrogen-bond acceptors (Lipinski definition) is 2. The summed E-state index contributed by atoms with van der Waals surface area (Å²) < 4.78 is 4.33. The third-order valence-corrected chi connectivity index (χ3v) is 0.795. The van der Waals surface area contributed by atoms with Gasteiger partial charge in [-0.05, 0) is 0 Å². The van der Waals surface area contributed by atoms with Crippen molar-refractivity contribution in [2.24, 2.45) is 11.7 Å². The Labute approximate surface area is 53.6 Å². The molecule has 4 heteroatoms. The minimum Gasteiger partial charge on any atom is -0.449 e. The first-order valence-electron chi connectivity index (χ1n) is 2.67. The van der Waals surface area contributed by atoms with Gasteiger partial charge in [-0.3, -0.25) is 0 Å². The van der Waals surface area contributed by atoms with Crippen LogP contribution in [0.1, 0.15) is 6.92 Å². The molecular weight excluding hydrogens is 122 g/mol. The Balaban J connectivity index is 3.16. The van der Waals surface area contributed by atoms with E-state index >= 15 is 0 Å². The maximum Gasteiger partial charge on any atom is 0.404 e. The van der Waals surface area contributed by atoms with Gasteiger partial charge in [0.2, 0.25) is 0 Å². The number of ether oxygens (including phenoxy) is 1. The monoisotopic (exact) mass is 132 g/mol. The van der Waals surface area contributed by atoms with Crippen molar-refractivity contribution in [1.82, 2.24) is 0 Å². The molecule has 9 heavy (non-hydrogen) atoms. The van der Waals surface area contributed by atoms with Gasteiger partial charge in [0, 0.05) is 5.92 Å². The predicted molar refractivity (Wildman–Crippen MR) is 30.3 cm³/mol. The molecule has 1 unspecified atom stereocenters. The Morgan fingerprint density at radius 3 is 2.67 bits per heavy atom. The lowest BCUT2D eigenvalue weighted by molar-refractivity contribution is 0.0909. The molecule has 4 nitrogen and oxygen atoms in total. The van der Waals surface area contributed by atoms with Crippen LogP contribution in [0, 0.1) is 5.92 Å². The molecule has 0 saturated carbocycles. The summed E-state index contributed by atoms with van der Waals surface area (Å²) in [5, 5.41) is 10.0. The van der Waals surface area contributed by atoms with Crippen molar-refractivity contribution < 1.29 is 14.6 Å². The Kier molecular flexibility index (Phi) is 3.79. The first-order valence-corrected chi connectivity index (χ1v) is 2.67. The summed E-state index contributed by atoms with van der Waals surface area (Å²) in [5.41, 5.74) is 4.63. The lowest BCUT2D eigenvalue weighted by Gasteiger charge is -2.04. The average molecular weight is 132 g/mol. The number of amides is 1. The molecule has 0 rings (SSSR count). The second-order valence-corrected chi connectivity index (χ2v) is 1.90. The quantitative estimate of drug-likeness (QED) is 0.593. The molecule has 53 valence electrons. The SMILES string of the molecule is CC(C[O])COC(N)=O. The molecule has 0 heterocycles. The zero-order valence-electron chi connectivity index (χ0n) is 5.29. The highest BCUT2D eigenvalue weighted by molar-refractivity contribution is 5.64. The van der Waals surface area contributed by atoms with Crippen LogP contribution in [0.2, 0.25) is 0 Å². The summed E-state index contributed by atoms with van der Waals surface area (Å²) >= 11 is 0. The zero-order valence-corrected chi connectivity index (χ0v) is 5.29. The van der Waals surface area contributed by atoms with Crippen molar-refractivity contribution in [3.8, 4) is 0 Å². The highest BCUT2D eigenvalue weighted by atomic mass is 16.5. The summed E-state index contributed by atoms with van der Waals surface area (Å²) in [6.45, 7) is 1.57. The third-order valence-electron chi connectivity index (χ3n) is 0.795. The first-order chi connectivity index (χ1) is 4.16. The maximum atomic E-state index is 10.0. The van der Waals surface area contributed by atoms with Gasteiger partial charge in [0.1, 0.15) is 0 Å². The Hall–Kier alpha value is -0.770. The van der Waals surface area contributed by atoms with Crippen LogP contribution in [-0.2, 0) is 9.84 Å². The van der Waals surface area contributed by atoms with Crippen LogP contribution in [0.4, 0.5) is 4.79 Å². The molecule has 0 saturated heterocycles. The molecule has 1 atom stereocenters. The normalized spacial score (nSPS) is 12.7. The highest BCUT2D eigenvalue weighted by Crippen LogP contribution is 1.92. The Bertz CT molecular complexity index is 94.2. The fourth-order valence-electron chi connectivity index (χ4n) is 0.273. The van der Waals surface area contributed by atoms with Crippen LogP contribution >= 0.6 is 0 Å². The van der Waals surface area contributed by atoms with Gasteiger partial charge in [0.15, 0.2) is 0 Å². The Morgan fingerprint density at radius 2 is 2.33 bits per heavy atom. The zero-order chi connectivity index (χ0) is 7.28. The van der Waals surface area contributed by atoms with E-state index in [1.165, 1.54) is 0 Å². The van der Waals surface area contributed by atoms with E-state index in [9.17, 15) is 9.90 Å². The van der Waals surface area contributed by atoms with E-state index < -0.39 is 6.09 Å². The molecule has 1 amide bonds. The van der Waals surface area contributed by atoms with E-state index in [0.29, 0.717) is 0 Å². The number of nitrogens with two attached hydrogens (primary N) is 1. The summed E-state index contributed by atoms with van der Waals surface area (Å²) in [7, 11) is 0. The van der Waals surface area contributed by atoms with Gasteiger partial charge in [0.25, 0.3) is 0 Å². The average Bonchev–Trinajstić information content (AvgIpc) is 1.83. The molecule has 0 fully saturated rings. The summed E-state index contributed by atoms with van der Waals surface area (Å²) in [6.07, 6.45) is -0.824. The van der Waals surface area contributed by atoms with Gasteiger partial charge >= 0.3 is 6.09 Å². The molecule has 0 aliphatic carbocycles. The molecule has 0 aliphatic heterocycles. The number of primary amides is 1. The predicted octanol–water partition coefficient (Wildman–Crippen LogP) is 0.148. The van der Waals surface area contributed by atoms with Gasteiger partial charge in [-0.2, -0.15) is 0 Å². The van der Waals surface area contributed by atoms with Gasteiger partial charge < -0.3 is 10.5 Å². The third kappa shape index (κ3) is 5.10. The summed E-state index contributed by atoms with van der Waals surface area (Å²) in [6, 6.07) is 0. The van der Waals surface area contributed by atoms with Gasteiger partial charge in [-0.15, -0.1) is 0 Å². The number of carbonyl (C=O) groups is 1. The van der Waals surface area contributed by atoms with Crippen LogP contribution in [0.25, 0.3) is 0 Å². The summed E-state index contributed by atoms with van der Waals surface area (Å²) in [4.78, 5) is 9.92. The van der Waals surface area contributed by atoms with Crippen molar-refractivity contribution in [3.05, 3.63) is 0 Å². The largest absolute Gasteiger partial charge is 0.449 e. The maximum absolute atomic E-state index is 10.0. The molecular formula is C5H10NO3. The van der Waals surface area contributed by atoms with Crippen molar-refractivity contribution in [2.75, 3.05) is 13.2 Å². The number of rotatable bonds is 3. The molecule has 0 bridgehead atoms. The minimum absolute atomic E-state index is 0.124. The number of carbonyl (C=O) groups excluding carboxylic acids is 1. The fourth-order valence-corrected chi connectivity index (χ4v) is 0.273. The Morgan fingerprint density at radius 1 is 1.78 bits per heavy atom. The van der Waals surface area contributed by atoms with E-state index in [2.05, 4.69) is 10.5 Å². The molecule has 0 aromatic heterocycles. The highest BCUT2D eigenvalue weighted by Gasteiger charge is 2.01. The topological polar surface area (TPSA) is 72.2 Å². The second-order valence-electron chi connectivity index (χ2n) is 1.90. The van der Waals surface area contributed by atoms with Gasteiger partial charge in [0.05, 0.1) is 13.2 Å². The fraction of sp³-hybridized carbons (Fsp3) is 0.800. The molecule has 0 aliphatic rings. The van der Waals surface area contributed by atoms with Gasteiger partial charge in [-0.1, -0.05) is 6.92 Å². The van der Waals surface area contributed by atoms with Crippen LogP contribution < -0.4 is 5.73 Å². The van der Waals surface area contributed by atoms with Gasteiger partial charge in [-0.25, -0.2) is 9.90 Å². The summed E-state index contributed by atoms with van der Waals surface area (Å²) in [5.74, 6) is -0.141. The lowest BCUT2D eigenvalue weighted by atomic mass is 10.2. The van der Waals surface area contributed by atoms with Crippen molar-refractivity contribution in [1.29, 1.82) is 0 Å². The van der Waals surface area contributed by atoms with E-state index in [1.54, 1.807) is 6.92 Å². The van der Waals surface area contributed by atoms with Crippen LogP contribution in [-0.4, -0.2) is 19.3 Å². The van der Waals surface area contributed by atoms with Crippen LogP contribution in [0.15, 0.2) is 0 Å². The molecule has 0 aromatic carbocycles. The molecule has 0 aromatic rings. The van der Waals surface area contributed by atoms with Crippen molar-refractivity contribution in [2.45, 2.75) is 6.92 Å². The second kappa shape index (κ2) is 4.14. The van der Waals surface area contributed by atoms with E-state index in [1.807, 2.05) is 0 Å². The van der Waals surface area contributed by atoms with Crippen LogP contribution in [0.3, 0.4) is 0 Å². The lowest BCUT2D eigenvalue weighted by Crippen LogP contribution is -2.18. The molecule has 2 N–H and O–H groups in total. The van der Waals surface area contributed by atoms with E-state index in [0.717, 1.165) is 0 Å². The van der Waals surface area contributed by atoms with Crippen molar-refractivity contribution in [3.63, 3.8) is 0 Å². The minimum atomic E-state index is -0.824. The molecule has 0 spiro atoms. The van der Waals surface area contributed by atoms with Crippen LogP contribution in [0.5, 0.6) is 0 Å².